The standard InChI is InChI=1S/C23H36O2/c1-4-5-6-7-8-9-10-11-12-13-14-15-16-18-21-19-17-20-22(24-2)23(21)25-3/h17,19-20H,4-6,9-16,18H2,1-3H3. The van der Waals surface area contributed by atoms with Crippen LogP contribution in [0.3, 0.4) is 0 Å². The SMILES string of the molecule is CCCCC#CCCCCCCCCCc1cccc(OC)c1OC. The Labute approximate surface area is 155 Å². The van der Waals surface area contributed by atoms with E-state index in [0.29, 0.717) is 0 Å². The van der Waals surface area contributed by atoms with Crippen LogP contribution >= 0.6 is 0 Å². The normalized spacial score (nSPS) is 10.2. The molecule has 2 nitrogen and oxygen atoms in total. The molecule has 0 N–H and O–H groups in total. The van der Waals surface area contributed by atoms with Crippen molar-refractivity contribution >= 4 is 0 Å². The first-order chi connectivity index (χ1) is 12.3. The molecule has 1 rings (SSSR count). The minimum Gasteiger partial charge on any atom is -0.493 e. The van der Waals surface area contributed by atoms with Gasteiger partial charge in [-0.3, -0.25) is 0 Å². The zero-order chi connectivity index (χ0) is 18.2. The van der Waals surface area contributed by atoms with E-state index >= 15 is 0 Å². The zero-order valence-electron chi connectivity index (χ0n) is 16.5. The number of aryl methyl sites for hydroxylation is 1. The molecule has 25 heavy (non-hydrogen) atoms. The van der Waals surface area contributed by atoms with Crippen LogP contribution in [-0.4, -0.2) is 14.2 Å². The van der Waals surface area contributed by atoms with Crippen molar-refractivity contribution in [3.63, 3.8) is 0 Å². The molecule has 0 unspecified atom stereocenters. The van der Waals surface area contributed by atoms with Crippen molar-refractivity contribution in [2.24, 2.45) is 0 Å². The molecule has 0 fully saturated rings. The number of para-hydroxylation sites is 1. The average molecular weight is 345 g/mol. The lowest BCUT2D eigenvalue weighted by Crippen LogP contribution is -1.96. The summed E-state index contributed by atoms with van der Waals surface area (Å²) in [6.45, 7) is 2.22. The molecule has 0 bridgehead atoms. The smallest absolute Gasteiger partial charge is 0.163 e. The Bertz CT molecular complexity index is 511. The zero-order valence-corrected chi connectivity index (χ0v) is 16.5. The van der Waals surface area contributed by atoms with Crippen molar-refractivity contribution in [1.82, 2.24) is 0 Å². The van der Waals surface area contributed by atoms with Gasteiger partial charge < -0.3 is 9.47 Å². The molecule has 140 valence electrons. The van der Waals surface area contributed by atoms with E-state index in [0.717, 1.165) is 30.8 Å². The third-order valence-electron chi connectivity index (χ3n) is 4.51. The fourth-order valence-corrected chi connectivity index (χ4v) is 3.01. The number of benzene rings is 1. The first-order valence-electron chi connectivity index (χ1n) is 9.99. The Kier molecular flexibility index (Phi) is 12.6. The van der Waals surface area contributed by atoms with Gasteiger partial charge in [-0.25, -0.2) is 0 Å². The van der Waals surface area contributed by atoms with Crippen LogP contribution in [0, 0.1) is 11.8 Å². The maximum atomic E-state index is 5.50. The predicted octanol–water partition coefficient (Wildman–Crippen LogP) is 6.56. The molecule has 2 heteroatoms. The summed E-state index contributed by atoms with van der Waals surface area (Å²) in [5, 5.41) is 0. The van der Waals surface area contributed by atoms with E-state index < -0.39 is 0 Å². The molecule has 1 aromatic carbocycles. The Morgan fingerprint density at radius 3 is 2.04 bits per heavy atom. The van der Waals surface area contributed by atoms with Gasteiger partial charge in [0.05, 0.1) is 14.2 Å². The van der Waals surface area contributed by atoms with E-state index in [1.54, 1.807) is 14.2 Å². The highest BCUT2D eigenvalue weighted by molar-refractivity contribution is 5.46. The second-order valence-electron chi connectivity index (χ2n) is 6.58. The fraction of sp³-hybridized carbons (Fsp3) is 0.652. The van der Waals surface area contributed by atoms with E-state index in [1.165, 1.54) is 63.4 Å². The molecule has 0 amide bonds. The number of methoxy groups -OCH3 is 2. The Hall–Kier alpha value is -1.62. The predicted molar refractivity (Wildman–Crippen MR) is 107 cm³/mol. The molecule has 0 aliphatic carbocycles. The van der Waals surface area contributed by atoms with E-state index in [9.17, 15) is 0 Å². The van der Waals surface area contributed by atoms with Gasteiger partial charge in [-0.1, -0.05) is 57.6 Å². The second-order valence-corrected chi connectivity index (χ2v) is 6.58. The molecule has 0 aliphatic rings. The molecule has 1 aromatic rings. The van der Waals surface area contributed by atoms with Crippen LogP contribution in [-0.2, 0) is 6.42 Å². The maximum Gasteiger partial charge on any atom is 0.163 e. The molecular formula is C23H36O2. The minimum atomic E-state index is 0.831. The number of unbranched alkanes of at least 4 members (excludes halogenated alkanes) is 9. The highest BCUT2D eigenvalue weighted by Crippen LogP contribution is 2.31. The quantitative estimate of drug-likeness (QED) is 0.298. The highest BCUT2D eigenvalue weighted by Gasteiger charge is 2.08. The number of hydrogen-bond acceptors (Lipinski definition) is 2. The monoisotopic (exact) mass is 344 g/mol. The Morgan fingerprint density at radius 2 is 1.40 bits per heavy atom. The number of hydrogen-bond donors (Lipinski definition) is 0. The van der Waals surface area contributed by atoms with Gasteiger partial charge in [-0.15, -0.1) is 11.8 Å². The number of ether oxygens (including phenoxy) is 2. The van der Waals surface area contributed by atoms with Crippen LogP contribution in [0.2, 0.25) is 0 Å². The summed E-state index contributed by atoms with van der Waals surface area (Å²) >= 11 is 0. The van der Waals surface area contributed by atoms with Gasteiger partial charge in [0.25, 0.3) is 0 Å². The Balaban J connectivity index is 2.05. The minimum absolute atomic E-state index is 0.831. The van der Waals surface area contributed by atoms with Crippen molar-refractivity contribution < 1.29 is 9.47 Å². The molecule has 0 aliphatic heterocycles. The number of rotatable bonds is 13. The van der Waals surface area contributed by atoms with Crippen molar-refractivity contribution in [1.29, 1.82) is 0 Å². The van der Waals surface area contributed by atoms with Gasteiger partial charge in [0, 0.05) is 12.8 Å². The summed E-state index contributed by atoms with van der Waals surface area (Å²) in [6, 6.07) is 6.14. The molecule has 0 radical (unpaired) electrons. The van der Waals surface area contributed by atoms with E-state index in [1.807, 2.05) is 12.1 Å². The molecule has 0 saturated heterocycles. The molecule has 0 atom stereocenters. The van der Waals surface area contributed by atoms with Crippen molar-refractivity contribution in [3.05, 3.63) is 23.8 Å². The molecule has 0 spiro atoms. The third-order valence-corrected chi connectivity index (χ3v) is 4.51. The molecule has 0 saturated carbocycles. The van der Waals surface area contributed by atoms with Crippen LogP contribution in [0.25, 0.3) is 0 Å². The summed E-state index contributed by atoms with van der Waals surface area (Å²) in [5.41, 5.74) is 1.25. The lowest BCUT2D eigenvalue weighted by atomic mass is 10.0. The average Bonchev–Trinajstić information content (AvgIpc) is 2.65. The van der Waals surface area contributed by atoms with E-state index in [2.05, 4.69) is 24.8 Å². The topological polar surface area (TPSA) is 18.5 Å². The van der Waals surface area contributed by atoms with Crippen molar-refractivity contribution in [2.75, 3.05) is 14.2 Å². The van der Waals surface area contributed by atoms with Gasteiger partial charge in [0.1, 0.15) is 0 Å². The van der Waals surface area contributed by atoms with E-state index in [-0.39, 0.29) is 0 Å². The van der Waals surface area contributed by atoms with Gasteiger partial charge in [0.2, 0.25) is 0 Å². The van der Waals surface area contributed by atoms with Gasteiger partial charge in [-0.05, 0) is 37.3 Å². The van der Waals surface area contributed by atoms with Crippen molar-refractivity contribution in [3.8, 4) is 23.3 Å². The van der Waals surface area contributed by atoms with Crippen LogP contribution in [0.15, 0.2) is 18.2 Å². The van der Waals surface area contributed by atoms with Crippen LogP contribution < -0.4 is 9.47 Å². The summed E-state index contributed by atoms with van der Waals surface area (Å²) in [6.07, 6.45) is 14.8. The first kappa shape index (κ1) is 21.4. The van der Waals surface area contributed by atoms with Gasteiger partial charge in [0.15, 0.2) is 11.5 Å². The lowest BCUT2D eigenvalue weighted by Gasteiger charge is -2.12. The molecular weight excluding hydrogens is 308 g/mol. The van der Waals surface area contributed by atoms with Gasteiger partial charge >= 0.3 is 0 Å². The lowest BCUT2D eigenvalue weighted by molar-refractivity contribution is 0.351. The summed E-state index contributed by atoms with van der Waals surface area (Å²) in [7, 11) is 3.41. The third kappa shape index (κ3) is 9.44. The fourth-order valence-electron chi connectivity index (χ4n) is 3.01. The highest BCUT2D eigenvalue weighted by atomic mass is 16.5. The first-order valence-corrected chi connectivity index (χ1v) is 9.99. The Morgan fingerprint density at radius 1 is 0.760 bits per heavy atom. The summed E-state index contributed by atoms with van der Waals surface area (Å²) in [4.78, 5) is 0. The molecule has 0 aromatic heterocycles. The van der Waals surface area contributed by atoms with Crippen LogP contribution in [0.1, 0.15) is 83.1 Å². The van der Waals surface area contributed by atoms with Gasteiger partial charge in [-0.2, -0.15) is 0 Å². The molecule has 0 heterocycles. The van der Waals surface area contributed by atoms with E-state index in [4.69, 9.17) is 9.47 Å². The van der Waals surface area contributed by atoms with Crippen LogP contribution in [0.4, 0.5) is 0 Å². The van der Waals surface area contributed by atoms with Crippen LogP contribution in [0.5, 0.6) is 11.5 Å². The summed E-state index contributed by atoms with van der Waals surface area (Å²) < 4.78 is 10.9. The largest absolute Gasteiger partial charge is 0.493 e. The summed E-state index contributed by atoms with van der Waals surface area (Å²) in [5.74, 6) is 8.29. The van der Waals surface area contributed by atoms with Crippen molar-refractivity contribution in [2.45, 2.75) is 84.0 Å². The maximum absolute atomic E-state index is 5.50. The second kappa shape index (κ2) is 14.7.